The maximum absolute atomic E-state index is 13.0. The molecule has 0 radical (unpaired) electrons. The number of benzene rings is 2. The molecule has 0 aliphatic carbocycles. The predicted molar refractivity (Wildman–Crippen MR) is 123 cm³/mol. The summed E-state index contributed by atoms with van der Waals surface area (Å²) in [4.78, 5) is 24.1. The molecular formula is C25H23N5O2. The van der Waals surface area contributed by atoms with E-state index in [-0.39, 0.29) is 11.7 Å². The van der Waals surface area contributed by atoms with Crippen molar-refractivity contribution < 1.29 is 9.53 Å². The Labute approximate surface area is 184 Å². The van der Waals surface area contributed by atoms with E-state index in [1.54, 1.807) is 0 Å². The van der Waals surface area contributed by atoms with Crippen LogP contribution in [-0.2, 0) is 11.2 Å². The number of aryl methyl sites for hydroxylation is 1. The molecule has 2 aromatic heterocycles. The lowest BCUT2D eigenvalue weighted by Crippen LogP contribution is -2.39. The number of ketones is 1. The van der Waals surface area contributed by atoms with E-state index >= 15 is 0 Å². The molecule has 32 heavy (non-hydrogen) atoms. The molecule has 4 aromatic rings. The molecule has 0 saturated heterocycles. The number of carbonyl (C=O) groups excluding carboxylic acids is 1. The molecule has 0 saturated carbocycles. The third-order valence-corrected chi connectivity index (χ3v) is 6.21. The van der Waals surface area contributed by atoms with E-state index in [2.05, 4.69) is 38.6 Å². The summed E-state index contributed by atoms with van der Waals surface area (Å²) in [6.07, 6.45) is 2.91. The summed E-state index contributed by atoms with van der Waals surface area (Å²) < 4.78 is 6.07. The summed E-state index contributed by atoms with van der Waals surface area (Å²) in [5, 5.41) is 6.72. The molecule has 1 unspecified atom stereocenters. The Bertz CT molecular complexity index is 1350. The van der Waals surface area contributed by atoms with Crippen LogP contribution in [-0.4, -0.2) is 33.8 Å². The summed E-state index contributed by atoms with van der Waals surface area (Å²) in [6, 6.07) is 16.2. The molecule has 1 atom stereocenters. The SMILES string of the molecule is CCc1[nH]cc2c1NC1=C(C(=O)CNC1)C2c1cccc(Oc2nc3ccccc3[nH]2)c1. The summed E-state index contributed by atoms with van der Waals surface area (Å²) in [7, 11) is 0. The molecule has 160 valence electrons. The van der Waals surface area contributed by atoms with Gasteiger partial charge in [0, 0.05) is 41.2 Å². The lowest BCUT2D eigenvalue weighted by atomic mass is 9.79. The van der Waals surface area contributed by atoms with Crippen molar-refractivity contribution in [3.63, 3.8) is 0 Å². The van der Waals surface area contributed by atoms with Gasteiger partial charge < -0.3 is 25.3 Å². The number of aromatic amines is 2. The zero-order chi connectivity index (χ0) is 21.7. The van der Waals surface area contributed by atoms with E-state index < -0.39 is 0 Å². The highest BCUT2D eigenvalue weighted by atomic mass is 16.5. The largest absolute Gasteiger partial charge is 0.426 e. The normalized spacial score (nSPS) is 17.8. The van der Waals surface area contributed by atoms with Crippen LogP contribution in [0.3, 0.4) is 0 Å². The lowest BCUT2D eigenvalue weighted by Gasteiger charge is -2.33. The van der Waals surface area contributed by atoms with Gasteiger partial charge in [0.25, 0.3) is 6.01 Å². The van der Waals surface area contributed by atoms with Crippen LogP contribution < -0.4 is 15.4 Å². The van der Waals surface area contributed by atoms with Crippen LogP contribution in [0.2, 0.25) is 0 Å². The van der Waals surface area contributed by atoms with Gasteiger partial charge in [0.2, 0.25) is 0 Å². The highest BCUT2D eigenvalue weighted by Crippen LogP contribution is 2.45. The van der Waals surface area contributed by atoms with E-state index in [0.29, 0.717) is 24.8 Å². The molecule has 6 rings (SSSR count). The van der Waals surface area contributed by atoms with E-state index in [4.69, 9.17) is 4.74 Å². The number of nitrogens with one attached hydrogen (secondary N) is 4. The number of hydrogen-bond acceptors (Lipinski definition) is 5. The molecule has 2 aliphatic heterocycles. The van der Waals surface area contributed by atoms with Gasteiger partial charge in [0.1, 0.15) is 5.75 Å². The van der Waals surface area contributed by atoms with Crippen LogP contribution in [0.1, 0.15) is 29.7 Å². The van der Waals surface area contributed by atoms with Crippen molar-refractivity contribution in [2.24, 2.45) is 0 Å². The van der Waals surface area contributed by atoms with Crippen LogP contribution in [0, 0.1) is 0 Å². The Hall–Kier alpha value is -3.84. The second-order valence-corrected chi connectivity index (χ2v) is 8.16. The third-order valence-electron chi connectivity index (χ3n) is 6.21. The molecule has 2 aliphatic rings. The number of hydrogen-bond donors (Lipinski definition) is 4. The van der Waals surface area contributed by atoms with Crippen molar-refractivity contribution in [1.82, 2.24) is 20.3 Å². The van der Waals surface area contributed by atoms with Crippen molar-refractivity contribution >= 4 is 22.5 Å². The fraction of sp³-hybridized carbons (Fsp3) is 0.200. The summed E-state index contributed by atoms with van der Waals surface area (Å²) in [6.45, 7) is 3.13. The van der Waals surface area contributed by atoms with Crippen LogP contribution in [0.5, 0.6) is 11.8 Å². The summed E-state index contributed by atoms with van der Waals surface area (Å²) in [5.41, 5.74) is 7.91. The topological polar surface area (TPSA) is 94.8 Å². The van der Waals surface area contributed by atoms with Gasteiger partial charge in [0.05, 0.1) is 23.3 Å². The van der Waals surface area contributed by atoms with Gasteiger partial charge in [-0.05, 0) is 36.2 Å². The minimum absolute atomic E-state index is 0.122. The number of Topliss-reactive ketones (excluding diaryl/α,β-unsaturated/α-hetero) is 1. The number of H-pyrrole nitrogens is 2. The van der Waals surface area contributed by atoms with Crippen LogP contribution >= 0.6 is 0 Å². The van der Waals surface area contributed by atoms with Gasteiger partial charge in [-0.25, -0.2) is 0 Å². The fourth-order valence-electron chi connectivity index (χ4n) is 4.74. The first kappa shape index (κ1) is 18.9. The summed E-state index contributed by atoms with van der Waals surface area (Å²) in [5.74, 6) is 0.653. The van der Waals surface area contributed by atoms with E-state index in [1.807, 2.05) is 48.7 Å². The van der Waals surface area contributed by atoms with Crippen molar-refractivity contribution in [2.75, 3.05) is 18.4 Å². The van der Waals surface area contributed by atoms with Crippen molar-refractivity contribution in [3.8, 4) is 11.8 Å². The molecule has 2 aromatic carbocycles. The molecule has 0 fully saturated rings. The number of rotatable bonds is 4. The number of nitrogens with zero attached hydrogens (tertiary/aromatic N) is 1. The fourth-order valence-corrected chi connectivity index (χ4v) is 4.74. The Morgan fingerprint density at radius 2 is 2.03 bits per heavy atom. The standard InChI is InChI=1S/C25H23N5O2/c1-2-17-24-16(11-27-17)22(23-20(28-24)12-26-13-21(23)31)14-6-5-7-15(10-14)32-25-29-18-8-3-4-9-19(18)30-25/h3-11,22,26-28H,2,12-13H2,1H3,(H,29,30). The second kappa shape index (κ2) is 7.39. The Balaban J connectivity index is 1.42. The molecule has 7 heteroatoms. The first-order valence-corrected chi connectivity index (χ1v) is 10.9. The zero-order valence-corrected chi connectivity index (χ0v) is 17.7. The van der Waals surface area contributed by atoms with Crippen molar-refractivity contribution in [3.05, 3.63) is 82.8 Å². The van der Waals surface area contributed by atoms with E-state index in [0.717, 1.165) is 51.2 Å². The van der Waals surface area contributed by atoms with Gasteiger partial charge >= 0.3 is 0 Å². The molecule has 0 spiro atoms. The first-order valence-electron chi connectivity index (χ1n) is 10.9. The predicted octanol–water partition coefficient (Wildman–Crippen LogP) is 4.23. The first-order chi connectivity index (χ1) is 15.7. The Morgan fingerprint density at radius 1 is 1.12 bits per heavy atom. The molecule has 4 heterocycles. The highest BCUT2D eigenvalue weighted by molar-refractivity contribution is 6.02. The van der Waals surface area contributed by atoms with Crippen molar-refractivity contribution in [1.29, 1.82) is 0 Å². The highest BCUT2D eigenvalue weighted by Gasteiger charge is 2.36. The van der Waals surface area contributed by atoms with Gasteiger partial charge in [-0.15, -0.1) is 0 Å². The smallest absolute Gasteiger partial charge is 0.300 e. The average Bonchev–Trinajstić information content (AvgIpc) is 3.41. The molecule has 0 bridgehead atoms. The number of aromatic nitrogens is 3. The van der Waals surface area contributed by atoms with E-state index in [1.165, 1.54) is 0 Å². The Morgan fingerprint density at radius 3 is 2.91 bits per heavy atom. The number of fused-ring (bicyclic) bond motifs is 2. The Kier molecular flexibility index (Phi) is 4.36. The molecule has 0 amide bonds. The number of imidazole rings is 1. The second-order valence-electron chi connectivity index (χ2n) is 8.16. The van der Waals surface area contributed by atoms with Crippen LogP contribution in [0.15, 0.2) is 66.0 Å². The van der Waals surface area contributed by atoms with Crippen LogP contribution in [0.25, 0.3) is 11.0 Å². The molecule has 4 N–H and O–H groups in total. The summed E-state index contributed by atoms with van der Waals surface area (Å²) >= 11 is 0. The zero-order valence-electron chi connectivity index (χ0n) is 17.7. The quantitative estimate of drug-likeness (QED) is 0.393. The van der Waals surface area contributed by atoms with Gasteiger partial charge in [-0.2, -0.15) is 4.98 Å². The van der Waals surface area contributed by atoms with Gasteiger partial charge in [-0.3, -0.25) is 4.79 Å². The molecule has 7 nitrogen and oxygen atoms in total. The number of carbonyl (C=O) groups is 1. The van der Waals surface area contributed by atoms with Gasteiger partial charge in [-0.1, -0.05) is 31.2 Å². The third kappa shape index (κ3) is 3.01. The lowest BCUT2D eigenvalue weighted by molar-refractivity contribution is -0.115. The number of para-hydroxylation sites is 2. The number of anilines is 1. The number of ether oxygens (including phenoxy) is 1. The van der Waals surface area contributed by atoms with E-state index in [9.17, 15) is 4.79 Å². The monoisotopic (exact) mass is 425 g/mol. The average molecular weight is 425 g/mol. The minimum Gasteiger partial charge on any atom is -0.426 e. The maximum Gasteiger partial charge on any atom is 0.300 e. The van der Waals surface area contributed by atoms with Gasteiger partial charge in [0.15, 0.2) is 5.78 Å². The van der Waals surface area contributed by atoms with Crippen LogP contribution in [0.4, 0.5) is 5.69 Å². The minimum atomic E-state index is -0.147. The van der Waals surface area contributed by atoms with Crippen molar-refractivity contribution in [2.45, 2.75) is 19.3 Å². The maximum atomic E-state index is 13.0. The molecular weight excluding hydrogens is 402 g/mol.